The molecule has 3 rings (SSSR count). The first-order valence-corrected chi connectivity index (χ1v) is 7.51. The van der Waals surface area contributed by atoms with E-state index in [-0.39, 0.29) is 0 Å². The highest BCUT2D eigenvalue weighted by Crippen LogP contribution is 2.30. The Morgan fingerprint density at radius 2 is 2.32 bits per heavy atom. The van der Waals surface area contributed by atoms with Crippen molar-refractivity contribution in [1.82, 2.24) is 9.55 Å². The molecule has 22 heavy (non-hydrogen) atoms. The van der Waals surface area contributed by atoms with Gasteiger partial charge < -0.3 is 9.30 Å². The van der Waals surface area contributed by atoms with Gasteiger partial charge in [0.05, 0.1) is 23.9 Å². The molecule has 0 saturated heterocycles. The van der Waals surface area contributed by atoms with Crippen molar-refractivity contribution in [3.8, 4) is 17.3 Å². The number of benzene rings is 1. The molecule has 0 N–H and O–H groups in total. The van der Waals surface area contributed by atoms with Crippen molar-refractivity contribution in [2.75, 3.05) is 6.61 Å². The number of ether oxygens (including phenoxy) is 1. The number of carbonyl (C=O) groups is 1. The Hall–Kier alpha value is -2.61. The molecular weight excluding hydrogens is 278 g/mol. The number of imidazole rings is 1. The van der Waals surface area contributed by atoms with E-state index in [4.69, 9.17) is 10.00 Å². The lowest BCUT2D eigenvalue weighted by Gasteiger charge is -2.16. The second-order valence-corrected chi connectivity index (χ2v) is 5.25. The summed E-state index contributed by atoms with van der Waals surface area (Å²) in [5.74, 6) is 0.522. The molecule has 0 radical (unpaired) electrons. The average molecular weight is 295 g/mol. The van der Waals surface area contributed by atoms with Crippen molar-refractivity contribution in [3.63, 3.8) is 0 Å². The molecule has 1 aromatic heterocycles. The molecule has 0 bridgehead atoms. The van der Waals surface area contributed by atoms with Gasteiger partial charge in [0, 0.05) is 18.5 Å². The summed E-state index contributed by atoms with van der Waals surface area (Å²) in [5.41, 5.74) is 2.53. The lowest BCUT2D eigenvalue weighted by Crippen LogP contribution is -2.12. The molecular formula is C17H17N3O2. The molecule has 2 aromatic rings. The minimum atomic E-state index is -0.401. The maximum absolute atomic E-state index is 12.2. The van der Waals surface area contributed by atoms with Crippen LogP contribution in [0.25, 0.3) is 11.3 Å². The van der Waals surface area contributed by atoms with Gasteiger partial charge in [-0.25, -0.2) is 9.78 Å². The average Bonchev–Trinajstić information content (AvgIpc) is 2.94. The number of nitrogens with zero attached hydrogens (tertiary/aromatic N) is 3. The quantitative estimate of drug-likeness (QED) is 0.816. The molecule has 5 heteroatoms. The van der Waals surface area contributed by atoms with Gasteiger partial charge in [-0.3, -0.25) is 0 Å². The molecule has 0 atom stereocenters. The van der Waals surface area contributed by atoms with E-state index in [1.54, 1.807) is 19.1 Å². The van der Waals surface area contributed by atoms with Crippen LogP contribution in [0.5, 0.6) is 0 Å². The maximum atomic E-state index is 12.2. The van der Waals surface area contributed by atoms with E-state index >= 15 is 0 Å². The van der Waals surface area contributed by atoms with Gasteiger partial charge in [0.2, 0.25) is 0 Å². The summed E-state index contributed by atoms with van der Waals surface area (Å²) in [7, 11) is 0. The van der Waals surface area contributed by atoms with E-state index in [2.05, 4.69) is 15.6 Å². The molecule has 5 nitrogen and oxygen atoms in total. The lowest BCUT2D eigenvalue weighted by molar-refractivity contribution is 0.0521. The van der Waals surface area contributed by atoms with E-state index < -0.39 is 5.97 Å². The predicted molar refractivity (Wildman–Crippen MR) is 81.3 cm³/mol. The van der Waals surface area contributed by atoms with Crippen LogP contribution in [0.15, 0.2) is 24.3 Å². The molecule has 1 aliphatic heterocycles. The summed E-state index contributed by atoms with van der Waals surface area (Å²) in [6, 6.07) is 9.41. The summed E-state index contributed by atoms with van der Waals surface area (Å²) in [6.45, 7) is 2.94. The first-order valence-electron chi connectivity index (χ1n) is 7.51. The Bertz CT molecular complexity index is 756. The molecule has 0 aliphatic carbocycles. The van der Waals surface area contributed by atoms with Crippen LogP contribution in [0.2, 0.25) is 0 Å². The molecule has 0 amide bonds. The second-order valence-electron chi connectivity index (χ2n) is 5.25. The number of carbonyl (C=O) groups excluding carboxylic acids is 1. The topological polar surface area (TPSA) is 67.9 Å². The summed E-state index contributed by atoms with van der Waals surface area (Å²) in [4.78, 5) is 16.8. The fourth-order valence-corrected chi connectivity index (χ4v) is 2.85. The van der Waals surface area contributed by atoms with Crippen LogP contribution in [0.3, 0.4) is 0 Å². The van der Waals surface area contributed by atoms with E-state index in [1.807, 2.05) is 12.1 Å². The van der Waals surface area contributed by atoms with Crippen LogP contribution in [0.4, 0.5) is 0 Å². The summed E-state index contributed by atoms with van der Waals surface area (Å²) < 4.78 is 7.23. The number of aryl methyl sites for hydroxylation is 1. The standard InChI is InChI=1S/C17H17N3O2/c1-2-22-17(21)15-16(13-7-5-6-12(10-13)11-18)20-9-4-3-8-14(20)19-15/h5-7,10H,2-4,8-9H2,1H3. The Morgan fingerprint density at radius 3 is 3.09 bits per heavy atom. The number of esters is 1. The third-order valence-electron chi connectivity index (χ3n) is 3.81. The normalized spacial score (nSPS) is 13.3. The van der Waals surface area contributed by atoms with E-state index in [0.717, 1.165) is 42.9 Å². The highest BCUT2D eigenvalue weighted by molar-refractivity contribution is 5.94. The van der Waals surface area contributed by atoms with Gasteiger partial charge in [-0.05, 0) is 31.9 Å². The number of hydrogen-bond donors (Lipinski definition) is 0. The van der Waals surface area contributed by atoms with E-state index in [0.29, 0.717) is 17.9 Å². The van der Waals surface area contributed by atoms with Crippen molar-refractivity contribution in [1.29, 1.82) is 5.26 Å². The fraction of sp³-hybridized carbons (Fsp3) is 0.353. The molecule has 112 valence electrons. The minimum Gasteiger partial charge on any atom is -0.461 e. The van der Waals surface area contributed by atoms with Crippen LogP contribution in [-0.2, 0) is 17.7 Å². The molecule has 0 fully saturated rings. The second kappa shape index (κ2) is 6.02. The van der Waals surface area contributed by atoms with Crippen molar-refractivity contribution in [2.24, 2.45) is 0 Å². The largest absolute Gasteiger partial charge is 0.461 e. The highest BCUT2D eigenvalue weighted by Gasteiger charge is 2.26. The molecule has 1 aromatic carbocycles. The van der Waals surface area contributed by atoms with Crippen LogP contribution in [-0.4, -0.2) is 22.1 Å². The SMILES string of the molecule is CCOC(=O)c1nc2n(c1-c1cccc(C#N)c1)CCCC2. The van der Waals surface area contributed by atoms with E-state index in [9.17, 15) is 4.79 Å². The number of fused-ring (bicyclic) bond motifs is 1. The van der Waals surface area contributed by atoms with Crippen molar-refractivity contribution >= 4 is 5.97 Å². The number of hydrogen-bond acceptors (Lipinski definition) is 4. The number of nitriles is 1. The number of rotatable bonds is 3. The van der Waals surface area contributed by atoms with Crippen molar-refractivity contribution in [2.45, 2.75) is 32.7 Å². The third-order valence-corrected chi connectivity index (χ3v) is 3.81. The van der Waals surface area contributed by atoms with Gasteiger partial charge in [0.15, 0.2) is 5.69 Å². The van der Waals surface area contributed by atoms with E-state index in [1.165, 1.54) is 0 Å². The van der Waals surface area contributed by atoms with Crippen LogP contribution >= 0.6 is 0 Å². The van der Waals surface area contributed by atoms with Gasteiger partial charge in [0.1, 0.15) is 5.82 Å². The highest BCUT2D eigenvalue weighted by atomic mass is 16.5. The van der Waals surface area contributed by atoms with Gasteiger partial charge >= 0.3 is 5.97 Å². The Kier molecular flexibility index (Phi) is 3.92. The zero-order chi connectivity index (χ0) is 15.5. The zero-order valence-corrected chi connectivity index (χ0v) is 12.5. The van der Waals surface area contributed by atoms with Gasteiger partial charge in [0.25, 0.3) is 0 Å². The van der Waals surface area contributed by atoms with Crippen LogP contribution < -0.4 is 0 Å². The maximum Gasteiger partial charge on any atom is 0.359 e. The van der Waals surface area contributed by atoms with Gasteiger partial charge in [-0.1, -0.05) is 12.1 Å². The zero-order valence-electron chi connectivity index (χ0n) is 12.5. The third kappa shape index (κ3) is 2.48. The molecule has 0 spiro atoms. The minimum absolute atomic E-state index is 0.318. The van der Waals surface area contributed by atoms with Crippen LogP contribution in [0.1, 0.15) is 41.6 Å². The van der Waals surface area contributed by atoms with Crippen molar-refractivity contribution in [3.05, 3.63) is 41.3 Å². The first-order chi connectivity index (χ1) is 10.7. The smallest absolute Gasteiger partial charge is 0.359 e. The molecule has 0 unspecified atom stereocenters. The van der Waals surface area contributed by atoms with Crippen LogP contribution in [0, 0.1) is 11.3 Å². The predicted octanol–water partition coefficient (Wildman–Crippen LogP) is 2.93. The molecule has 0 saturated carbocycles. The van der Waals surface area contributed by atoms with Gasteiger partial charge in [-0.2, -0.15) is 5.26 Å². The summed E-state index contributed by atoms with van der Waals surface area (Å²) in [6.07, 6.45) is 3.01. The summed E-state index contributed by atoms with van der Waals surface area (Å²) in [5, 5.41) is 9.10. The Morgan fingerprint density at radius 1 is 1.45 bits per heavy atom. The Balaban J connectivity index is 2.17. The first kappa shape index (κ1) is 14.3. The fourth-order valence-electron chi connectivity index (χ4n) is 2.85. The molecule has 1 aliphatic rings. The monoisotopic (exact) mass is 295 g/mol. The summed E-state index contributed by atoms with van der Waals surface area (Å²) >= 11 is 0. The number of aromatic nitrogens is 2. The Labute approximate surface area is 129 Å². The lowest BCUT2D eigenvalue weighted by atomic mass is 10.1. The van der Waals surface area contributed by atoms with Gasteiger partial charge in [-0.15, -0.1) is 0 Å². The van der Waals surface area contributed by atoms with Crippen molar-refractivity contribution < 1.29 is 9.53 Å². The molecule has 2 heterocycles.